The Labute approximate surface area is 161 Å². The minimum Gasteiger partial charge on any atom is -0.495 e. The van der Waals surface area contributed by atoms with Crippen LogP contribution in [0.25, 0.3) is 0 Å². The molecule has 2 aromatic rings. The Bertz CT molecular complexity index is 699. The highest BCUT2D eigenvalue weighted by Crippen LogP contribution is 2.01. The largest absolute Gasteiger partial charge is 0.495 e. The molecule has 0 aliphatic carbocycles. The van der Waals surface area contributed by atoms with E-state index in [-0.39, 0.29) is 6.61 Å². The van der Waals surface area contributed by atoms with Gasteiger partial charge < -0.3 is 9.16 Å². The summed E-state index contributed by atoms with van der Waals surface area (Å²) in [6.07, 6.45) is 2.20. The maximum Gasteiger partial charge on any atom is 0.452 e. The number of carbonyl (C=O) groups excluding carboxylic acids is 2. The lowest BCUT2D eigenvalue weighted by Crippen LogP contribution is -2.45. The second kappa shape index (κ2) is 11.7. The first-order valence-corrected chi connectivity index (χ1v) is 10.7. The summed E-state index contributed by atoms with van der Waals surface area (Å²) in [6.45, 7) is 2.38. The number of ether oxygens (including phenoxy) is 1. The molecule has 0 saturated heterocycles. The van der Waals surface area contributed by atoms with Gasteiger partial charge in [-0.2, -0.15) is 0 Å². The number of rotatable bonds is 8. The van der Waals surface area contributed by atoms with Crippen molar-refractivity contribution in [3.05, 3.63) is 60.7 Å². The summed E-state index contributed by atoms with van der Waals surface area (Å²) < 4.78 is 10.5. The average Bonchev–Trinajstić information content (AvgIpc) is 2.71. The number of hydrogen-bond acceptors (Lipinski definition) is 4. The Balaban J connectivity index is 1.93. The van der Waals surface area contributed by atoms with Crippen molar-refractivity contribution in [3.8, 4) is 0 Å². The van der Waals surface area contributed by atoms with Gasteiger partial charge >= 0.3 is 21.2 Å². The van der Waals surface area contributed by atoms with Crippen LogP contribution in [0.15, 0.2) is 70.9 Å². The number of unbranched alkanes of at least 4 members (excludes halogenated alkanes) is 3. The Morgan fingerprint density at radius 3 is 1.93 bits per heavy atom. The zero-order valence-corrected chi connectivity index (χ0v) is 16.6. The van der Waals surface area contributed by atoms with Gasteiger partial charge in [0.1, 0.15) is 0 Å². The third kappa shape index (κ3) is 7.53. The van der Waals surface area contributed by atoms with Crippen LogP contribution in [0.3, 0.4) is 0 Å². The third-order valence-corrected chi connectivity index (χ3v) is 6.28. The van der Waals surface area contributed by atoms with E-state index in [1.165, 1.54) is 0 Å². The molecule has 0 aromatic heterocycles. The summed E-state index contributed by atoms with van der Waals surface area (Å²) >= 11 is 0. The lowest BCUT2D eigenvalue weighted by atomic mass is 10.2. The molecule has 27 heavy (non-hydrogen) atoms. The summed E-state index contributed by atoms with van der Waals surface area (Å²) in [5, 5.41) is 8.52. The molecule has 0 atom stereocenters. The van der Waals surface area contributed by atoms with Gasteiger partial charge in [-0.05, 0) is 16.8 Å². The second-order valence-corrected chi connectivity index (χ2v) is 8.29. The van der Waals surface area contributed by atoms with Crippen LogP contribution in [-0.2, 0) is 9.16 Å². The number of azo groups is 1. The van der Waals surface area contributed by atoms with Crippen LogP contribution in [0.2, 0.25) is 0 Å². The number of nitrogens with zero attached hydrogens (tertiary/aromatic N) is 2. The molecule has 0 radical (unpaired) electrons. The smallest absolute Gasteiger partial charge is 0.452 e. The Kier molecular flexibility index (Phi) is 8.92. The van der Waals surface area contributed by atoms with E-state index in [4.69, 9.17) is 9.16 Å². The van der Waals surface area contributed by atoms with E-state index in [2.05, 4.69) is 17.2 Å². The van der Waals surface area contributed by atoms with Gasteiger partial charge in [-0.15, -0.1) is 0 Å². The normalized spacial score (nSPS) is 10.9. The van der Waals surface area contributed by atoms with Gasteiger partial charge in [0.25, 0.3) is 0 Å². The first kappa shape index (κ1) is 20.5. The molecule has 0 bridgehead atoms. The van der Waals surface area contributed by atoms with Crippen LogP contribution >= 0.6 is 0 Å². The first-order valence-electron chi connectivity index (χ1n) is 9.09. The van der Waals surface area contributed by atoms with Crippen molar-refractivity contribution in [1.82, 2.24) is 0 Å². The van der Waals surface area contributed by atoms with E-state index >= 15 is 0 Å². The molecule has 0 unspecified atom stereocenters. The lowest BCUT2D eigenvalue weighted by molar-refractivity contribution is 0.152. The molecule has 7 heteroatoms. The van der Waals surface area contributed by atoms with Crippen molar-refractivity contribution in [2.24, 2.45) is 10.2 Å². The number of carbonyl (C=O) groups is 2. The summed E-state index contributed by atoms with van der Waals surface area (Å²) in [4.78, 5) is 23.6. The van der Waals surface area contributed by atoms with Gasteiger partial charge in [0.2, 0.25) is 0 Å². The average molecular weight is 385 g/mol. The minimum atomic E-state index is -2.26. The topological polar surface area (TPSA) is 77.3 Å². The highest BCUT2D eigenvalue weighted by Gasteiger charge is 2.22. The van der Waals surface area contributed by atoms with E-state index in [9.17, 15) is 9.59 Å². The monoisotopic (exact) mass is 384 g/mol. The molecule has 142 valence electrons. The third-order valence-electron chi connectivity index (χ3n) is 3.86. The molecule has 2 aromatic carbocycles. The lowest BCUT2D eigenvalue weighted by Gasteiger charge is -2.15. The fourth-order valence-corrected chi connectivity index (χ4v) is 4.56. The Morgan fingerprint density at radius 2 is 1.37 bits per heavy atom. The van der Waals surface area contributed by atoms with Crippen LogP contribution in [-0.4, -0.2) is 27.8 Å². The zero-order valence-electron chi connectivity index (χ0n) is 15.4. The summed E-state index contributed by atoms with van der Waals surface area (Å²) in [5.41, 5.74) is 0. The van der Waals surface area contributed by atoms with E-state index in [1.54, 1.807) is 0 Å². The predicted octanol–water partition coefficient (Wildman–Crippen LogP) is 3.83. The molecule has 0 N–H and O–H groups in total. The zero-order chi connectivity index (χ0) is 19.3. The molecule has 0 spiro atoms. The van der Waals surface area contributed by atoms with Crippen LogP contribution in [0, 0.1) is 0 Å². The van der Waals surface area contributed by atoms with Crippen LogP contribution in [0.5, 0.6) is 0 Å². The van der Waals surface area contributed by atoms with Crippen LogP contribution < -0.4 is 10.4 Å². The summed E-state index contributed by atoms with van der Waals surface area (Å²) in [5.74, 6) is 0. The highest BCUT2D eigenvalue weighted by molar-refractivity contribution is 6.81. The molecular formula is C20H24N2O4Si. The molecule has 0 aliphatic heterocycles. The SMILES string of the molecule is CCCCCCOC(=O)N=NC(=O)O[SiH](c1ccccc1)c1ccccc1. The molecular weight excluding hydrogens is 360 g/mol. The van der Waals surface area contributed by atoms with Gasteiger partial charge in [-0.3, -0.25) is 0 Å². The number of amides is 2. The molecule has 0 fully saturated rings. The van der Waals surface area contributed by atoms with Crippen LogP contribution in [0.1, 0.15) is 32.6 Å². The first-order chi connectivity index (χ1) is 13.2. The van der Waals surface area contributed by atoms with E-state index in [0.717, 1.165) is 36.1 Å². The van der Waals surface area contributed by atoms with Crippen molar-refractivity contribution in [2.45, 2.75) is 32.6 Å². The number of benzene rings is 2. The Morgan fingerprint density at radius 1 is 0.815 bits per heavy atom. The maximum absolute atomic E-state index is 12.1. The second-order valence-electron chi connectivity index (χ2n) is 5.96. The molecule has 0 saturated carbocycles. The minimum absolute atomic E-state index is 0.276. The van der Waals surface area contributed by atoms with Gasteiger partial charge in [0.15, 0.2) is 0 Å². The van der Waals surface area contributed by atoms with Gasteiger partial charge in [-0.1, -0.05) is 97.1 Å². The van der Waals surface area contributed by atoms with Crippen molar-refractivity contribution in [3.63, 3.8) is 0 Å². The highest BCUT2D eigenvalue weighted by atomic mass is 28.3. The van der Waals surface area contributed by atoms with Crippen molar-refractivity contribution < 1.29 is 18.8 Å². The summed E-state index contributed by atoms with van der Waals surface area (Å²) in [6, 6.07) is 19.0. The van der Waals surface area contributed by atoms with Gasteiger partial charge in [-0.25, -0.2) is 9.59 Å². The van der Waals surface area contributed by atoms with Gasteiger partial charge in [0.05, 0.1) is 6.61 Å². The van der Waals surface area contributed by atoms with Crippen molar-refractivity contribution in [2.75, 3.05) is 6.61 Å². The quantitative estimate of drug-likeness (QED) is 0.394. The fraction of sp³-hybridized carbons (Fsp3) is 0.300. The van der Waals surface area contributed by atoms with E-state index in [0.29, 0.717) is 0 Å². The molecule has 2 rings (SSSR count). The number of hydrogen-bond donors (Lipinski definition) is 0. The molecule has 0 heterocycles. The summed E-state index contributed by atoms with van der Waals surface area (Å²) in [7, 11) is -2.26. The standard InChI is InChI=1S/C20H24N2O4Si/c1-2-3-4-11-16-25-19(23)21-22-20(24)26-27(17-12-7-5-8-13-17)18-14-9-6-10-15-18/h5-10,12-15,27H,2-4,11,16H2,1H3. The maximum atomic E-state index is 12.1. The molecule has 0 aliphatic rings. The van der Waals surface area contributed by atoms with Crippen molar-refractivity contribution in [1.29, 1.82) is 0 Å². The van der Waals surface area contributed by atoms with E-state index < -0.39 is 21.2 Å². The predicted molar refractivity (Wildman–Crippen MR) is 106 cm³/mol. The molecule has 2 amide bonds. The fourth-order valence-electron chi connectivity index (χ4n) is 2.51. The van der Waals surface area contributed by atoms with E-state index in [1.807, 2.05) is 60.7 Å². The molecule has 6 nitrogen and oxygen atoms in total. The van der Waals surface area contributed by atoms with Crippen molar-refractivity contribution >= 4 is 31.6 Å². The Hall–Kier alpha value is -2.80. The van der Waals surface area contributed by atoms with Crippen LogP contribution in [0.4, 0.5) is 9.59 Å². The van der Waals surface area contributed by atoms with Gasteiger partial charge in [0, 0.05) is 0 Å².